The van der Waals surface area contributed by atoms with Crippen molar-refractivity contribution in [2.24, 2.45) is 0 Å². The fourth-order valence-electron chi connectivity index (χ4n) is 2.56. The van der Waals surface area contributed by atoms with Gasteiger partial charge in [0.2, 0.25) is 0 Å². The number of benzene rings is 2. The third-order valence-corrected chi connectivity index (χ3v) is 3.94. The standard InChI is InChI=1S/C18H20FNO/c1-12-10-13(11-20-14-7-8-14)6-9-15(12)16-4-3-5-17(21-2)18(16)19/h3-6,9-10,14,20H,7-8,11H2,1-2H3. The lowest BCUT2D eigenvalue weighted by Crippen LogP contribution is -2.15. The monoisotopic (exact) mass is 285 g/mol. The summed E-state index contributed by atoms with van der Waals surface area (Å²) >= 11 is 0. The van der Waals surface area contributed by atoms with E-state index in [4.69, 9.17) is 4.74 Å². The second-order valence-corrected chi connectivity index (χ2v) is 5.63. The van der Waals surface area contributed by atoms with Crippen LogP contribution in [0.2, 0.25) is 0 Å². The van der Waals surface area contributed by atoms with Crippen LogP contribution in [-0.2, 0) is 6.54 Å². The molecule has 2 aromatic rings. The van der Waals surface area contributed by atoms with Gasteiger partial charge in [-0.15, -0.1) is 0 Å². The van der Waals surface area contributed by atoms with Crippen LogP contribution in [0.15, 0.2) is 36.4 Å². The van der Waals surface area contributed by atoms with Crippen LogP contribution in [0.5, 0.6) is 5.75 Å². The fourth-order valence-corrected chi connectivity index (χ4v) is 2.56. The summed E-state index contributed by atoms with van der Waals surface area (Å²) in [5.74, 6) is -0.0154. The molecule has 2 aromatic carbocycles. The van der Waals surface area contributed by atoms with Crippen molar-refractivity contribution < 1.29 is 9.13 Å². The van der Waals surface area contributed by atoms with Crippen molar-refractivity contribution in [2.75, 3.05) is 7.11 Å². The largest absolute Gasteiger partial charge is 0.494 e. The SMILES string of the molecule is COc1cccc(-c2ccc(CNC3CC3)cc2C)c1F. The van der Waals surface area contributed by atoms with Crippen molar-refractivity contribution in [3.05, 3.63) is 53.3 Å². The molecule has 0 radical (unpaired) electrons. The van der Waals surface area contributed by atoms with Crippen LogP contribution in [-0.4, -0.2) is 13.2 Å². The van der Waals surface area contributed by atoms with Crippen molar-refractivity contribution in [3.8, 4) is 16.9 Å². The van der Waals surface area contributed by atoms with E-state index in [1.807, 2.05) is 19.1 Å². The molecule has 0 heterocycles. The van der Waals surface area contributed by atoms with Crippen molar-refractivity contribution >= 4 is 0 Å². The highest BCUT2D eigenvalue weighted by atomic mass is 19.1. The van der Waals surface area contributed by atoms with Gasteiger partial charge in [0.1, 0.15) is 0 Å². The van der Waals surface area contributed by atoms with Crippen LogP contribution < -0.4 is 10.1 Å². The van der Waals surface area contributed by atoms with Crippen LogP contribution in [0.3, 0.4) is 0 Å². The van der Waals surface area contributed by atoms with Crippen LogP contribution in [0.25, 0.3) is 11.1 Å². The van der Waals surface area contributed by atoms with Crippen LogP contribution in [0.4, 0.5) is 4.39 Å². The van der Waals surface area contributed by atoms with Gasteiger partial charge in [-0.1, -0.05) is 30.3 Å². The van der Waals surface area contributed by atoms with Gasteiger partial charge >= 0.3 is 0 Å². The van der Waals surface area contributed by atoms with Crippen molar-refractivity contribution in [1.29, 1.82) is 0 Å². The molecule has 0 atom stereocenters. The van der Waals surface area contributed by atoms with Crippen molar-refractivity contribution in [2.45, 2.75) is 32.4 Å². The van der Waals surface area contributed by atoms with Gasteiger partial charge in [-0.25, -0.2) is 4.39 Å². The predicted octanol–water partition coefficient (Wildman–Crippen LogP) is 4.06. The third kappa shape index (κ3) is 3.08. The summed E-state index contributed by atoms with van der Waals surface area (Å²) in [5, 5.41) is 3.49. The second-order valence-electron chi connectivity index (χ2n) is 5.63. The van der Waals surface area contributed by atoms with E-state index in [0.29, 0.717) is 11.6 Å². The van der Waals surface area contributed by atoms with E-state index in [9.17, 15) is 4.39 Å². The summed E-state index contributed by atoms with van der Waals surface area (Å²) in [6, 6.07) is 12.1. The Hall–Kier alpha value is -1.87. The molecular weight excluding hydrogens is 265 g/mol. The van der Waals surface area contributed by atoms with Crippen LogP contribution in [0, 0.1) is 12.7 Å². The molecule has 3 rings (SSSR count). The van der Waals surface area contributed by atoms with Gasteiger partial charge in [-0.2, -0.15) is 0 Å². The number of nitrogens with one attached hydrogen (secondary N) is 1. The second kappa shape index (κ2) is 5.86. The summed E-state index contributed by atoms with van der Waals surface area (Å²) in [7, 11) is 1.49. The highest BCUT2D eigenvalue weighted by Crippen LogP contribution is 2.31. The molecule has 3 heteroatoms. The molecule has 1 saturated carbocycles. The van der Waals surface area contributed by atoms with E-state index in [1.165, 1.54) is 25.5 Å². The predicted molar refractivity (Wildman–Crippen MR) is 83.0 cm³/mol. The molecule has 0 saturated heterocycles. The van der Waals surface area contributed by atoms with Gasteiger partial charge in [-0.05, 0) is 42.5 Å². The number of hydrogen-bond acceptors (Lipinski definition) is 2. The first-order valence-electron chi connectivity index (χ1n) is 7.35. The maximum atomic E-state index is 14.4. The Morgan fingerprint density at radius 1 is 1.19 bits per heavy atom. The van der Waals surface area contributed by atoms with Crippen LogP contribution in [0.1, 0.15) is 24.0 Å². The van der Waals surface area contributed by atoms with Gasteiger partial charge in [0, 0.05) is 18.2 Å². The molecule has 0 aromatic heterocycles. The lowest BCUT2D eigenvalue weighted by Gasteiger charge is -2.12. The minimum Gasteiger partial charge on any atom is -0.494 e. The molecule has 1 N–H and O–H groups in total. The fraction of sp³-hybridized carbons (Fsp3) is 0.333. The maximum Gasteiger partial charge on any atom is 0.172 e. The van der Waals surface area contributed by atoms with Gasteiger partial charge in [0.25, 0.3) is 0 Å². The van der Waals surface area contributed by atoms with Gasteiger partial charge in [-0.3, -0.25) is 0 Å². The van der Waals surface area contributed by atoms with Crippen molar-refractivity contribution in [1.82, 2.24) is 5.32 Å². The van der Waals surface area contributed by atoms with Crippen molar-refractivity contribution in [3.63, 3.8) is 0 Å². The van der Waals surface area contributed by atoms with E-state index < -0.39 is 0 Å². The number of aryl methyl sites for hydroxylation is 1. The molecule has 0 amide bonds. The number of halogens is 1. The Morgan fingerprint density at radius 3 is 2.67 bits per heavy atom. The van der Waals surface area contributed by atoms with E-state index in [0.717, 1.165) is 17.7 Å². The molecule has 0 spiro atoms. The van der Waals surface area contributed by atoms with Crippen LogP contribution >= 0.6 is 0 Å². The van der Waals surface area contributed by atoms with E-state index in [1.54, 1.807) is 12.1 Å². The molecule has 1 aliphatic carbocycles. The maximum absolute atomic E-state index is 14.4. The molecule has 110 valence electrons. The normalized spacial score (nSPS) is 14.2. The van der Waals surface area contributed by atoms with Gasteiger partial charge in [0.05, 0.1) is 7.11 Å². The summed E-state index contributed by atoms with van der Waals surface area (Å²) in [6.07, 6.45) is 2.57. The minimum absolute atomic E-state index is 0.284. The Labute approximate surface area is 125 Å². The number of methoxy groups -OCH3 is 1. The Balaban J connectivity index is 1.88. The Morgan fingerprint density at radius 2 is 2.00 bits per heavy atom. The minimum atomic E-state index is -0.299. The number of hydrogen-bond donors (Lipinski definition) is 1. The first kappa shape index (κ1) is 14.1. The molecule has 1 fully saturated rings. The number of ether oxygens (including phenoxy) is 1. The van der Waals surface area contributed by atoms with E-state index in [2.05, 4.69) is 17.4 Å². The highest BCUT2D eigenvalue weighted by Gasteiger charge is 2.20. The molecule has 2 nitrogen and oxygen atoms in total. The van der Waals surface area contributed by atoms with Gasteiger partial charge < -0.3 is 10.1 Å². The summed E-state index contributed by atoms with van der Waals surface area (Å²) in [5.41, 5.74) is 3.83. The zero-order chi connectivity index (χ0) is 14.8. The lowest BCUT2D eigenvalue weighted by atomic mass is 9.97. The van der Waals surface area contributed by atoms with E-state index >= 15 is 0 Å². The quantitative estimate of drug-likeness (QED) is 0.894. The highest BCUT2D eigenvalue weighted by molar-refractivity contribution is 5.69. The summed E-state index contributed by atoms with van der Waals surface area (Å²) in [6.45, 7) is 2.90. The number of rotatable bonds is 5. The average Bonchev–Trinajstić information content (AvgIpc) is 3.30. The summed E-state index contributed by atoms with van der Waals surface area (Å²) in [4.78, 5) is 0. The third-order valence-electron chi connectivity index (χ3n) is 3.94. The molecule has 0 aliphatic heterocycles. The Bertz CT molecular complexity index is 650. The zero-order valence-electron chi connectivity index (χ0n) is 12.4. The Kier molecular flexibility index (Phi) is 3.93. The van der Waals surface area contributed by atoms with E-state index in [-0.39, 0.29) is 11.6 Å². The lowest BCUT2D eigenvalue weighted by molar-refractivity contribution is 0.387. The smallest absolute Gasteiger partial charge is 0.172 e. The topological polar surface area (TPSA) is 21.3 Å². The van der Waals surface area contributed by atoms with Gasteiger partial charge in [0.15, 0.2) is 11.6 Å². The molecule has 1 aliphatic rings. The first-order valence-corrected chi connectivity index (χ1v) is 7.35. The molecule has 21 heavy (non-hydrogen) atoms. The molecular formula is C18H20FNO. The molecule has 0 bridgehead atoms. The molecule has 0 unspecified atom stereocenters. The zero-order valence-corrected chi connectivity index (χ0v) is 12.4. The summed E-state index contributed by atoms with van der Waals surface area (Å²) < 4.78 is 19.4. The first-order chi connectivity index (χ1) is 10.2. The average molecular weight is 285 g/mol.